The van der Waals surface area contributed by atoms with Gasteiger partial charge < -0.3 is 0 Å². The molecule has 0 bridgehead atoms. The SMILES string of the molecule is Cc1cccc(-c2cnc(Cl)c(C#N)c2)c1. The predicted octanol–water partition coefficient (Wildman–Crippen LogP) is 3.58. The van der Waals surface area contributed by atoms with E-state index < -0.39 is 0 Å². The van der Waals surface area contributed by atoms with Gasteiger partial charge in [-0.2, -0.15) is 5.26 Å². The van der Waals surface area contributed by atoms with Crippen LogP contribution in [0.4, 0.5) is 0 Å². The summed E-state index contributed by atoms with van der Waals surface area (Å²) < 4.78 is 0. The Balaban J connectivity index is 2.54. The van der Waals surface area contributed by atoms with Crippen LogP contribution in [0.15, 0.2) is 36.5 Å². The van der Waals surface area contributed by atoms with Gasteiger partial charge in [-0.1, -0.05) is 41.4 Å². The van der Waals surface area contributed by atoms with E-state index in [0.29, 0.717) is 5.56 Å². The zero-order chi connectivity index (χ0) is 11.5. The Morgan fingerprint density at radius 2 is 2.06 bits per heavy atom. The normalized spacial score (nSPS) is 9.81. The van der Waals surface area contributed by atoms with Crippen molar-refractivity contribution in [1.82, 2.24) is 4.98 Å². The molecular formula is C13H9ClN2. The molecule has 0 saturated carbocycles. The topological polar surface area (TPSA) is 36.7 Å². The molecule has 0 amide bonds. The summed E-state index contributed by atoms with van der Waals surface area (Å²) >= 11 is 5.78. The van der Waals surface area contributed by atoms with Crippen molar-refractivity contribution in [2.24, 2.45) is 0 Å². The number of nitrogens with zero attached hydrogens (tertiary/aromatic N) is 2. The van der Waals surface area contributed by atoms with Gasteiger partial charge in [-0.3, -0.25) is 0 Å². The molecule has 0 aliphatic rings. The standard InChI is InChI=1S/C13H9ClN2/c1-9-3-2-4-10(5-9)12-6-11(7-15)13(14)16-8-12/h2-6,8H,1H3. The smallest absolute Gasteiger partial charge is 0.146 e. The van der Waals surface area contributed by atoms with Gasteiger partial charge in [0.05, 0.1) is 5.56 Å². The van der Waals surface area contributed by atoms with Crippen molar-refractivity contribution in [1.29, 1.82) is 5.26 Å². The molecule has 0 atom stereocenters. The molecule has 0 N–H and O–H groups in total. The monoisotopic (exact) mass is 228 g/mol. The lowest BCUT2D eigenvalue weighted by atomic mass is 10.0. The molecule has 2 aromatic rings. The molecule has 1 heterocycles. The molecule has 0 aliphatic heterocycles. The van der Waals surface area contributed by atoms with Crippen LogP contribution in [0.2, 0.25) is 5.15 Å². The van der Waals surface area contributed by atoms with Crippen molar-refractivity contribution in [3.05, 3.63) is 52.8 Å². The summed E-state index contributed by atoms with van der Waals surface area (Å²) in [6, 6.07) is 11.8. The molecule has 1 aromatic carbocycles. The first-order chi connectivity index (χ1) is 7.70. The van der Waals surface area contributed by atoms with E-state index in [-0.39, 0.29) is 5.15 Å². The average Bonchev–Trinajstić information content (AvgIpc) is 2.29. The van der Waals surface area contributed by atoms with E-state index >= 15 is 0 Å². The summed E-state index contributed by atoms with van der Waals surface area (Å²) in [6.45, 7) is 2.03. The summed E-state index contributed by atoms with van der Waals surface area (Å²) in [5, 5.41) is 9.12. The van der Waals surface area contributed by atoms with E-state index in [9.17, 15) is 0 Å². The molecule has 16 heavy (non-hydrogen) atoms. The van der Waals surface area contributed by atoms with Gasteiger partial charge in [-0.15, -0.1) is 0 Å². The van der Waals surface area contributed by atoms with Crippen LogP contribution < -0.4 is 0 Å². The van der Waals surface area contributed by atoms with E-state index in [2.05, 4.69) is 4.98 Å². The Hall–Kier alpha value is -1.85. The number of benzene rings is 1. The highest BCUT2D eigenvalue weighted by molar-refractivity contribution is 6.30. The van der Waals surface area contributed by atoms with Crippen LogP contribution in [0.3, 0.4) is 0 Å². The van der Waals surface area contributed by atoms with Gasteiger partial charge in [0.15, 0.2) is 0 Å². The summed E-state index contributed by atoms with van der Waals surface area (Å²) in [6.07, 6.45) is 1.68. The number of aromatic nitrogens is 1. The third kappa shape index (κ3) is 2.05. The van der Waals surface area contributed by atoms with Crippen molar-refractivity contribution in [3.63, 3.8) is 0 Å². The minimum absolute atomic E-state index is 0.249. The lowest BCUT2D eigenvalue weighted by Crippen LogP contribution is -1.86. The Morgan fingerprint density at radius 3 is 2.75 bits per heavy atom. The maximum Gasteiger partial charge on any atom is 0.146 e. The minimum atomic E-state index is 0.249. The fourth-order valence-electron chi connectivity index (χ4n) is 1.51. The highest BCUT2D eigenvalue weighted by Crippen LogP contribution is 2.23. The number of halogens is 1. The second-order valence-electron chi connectivity index (χ2n) is 3.54. The van der Waals surface area contributed by atoms with E-state index in [0.717, 1.165) is 11.1 Å². The Bertz CT molecular complexity index is 570. The van der Waals surface area contributed by atoms with Crippen LogP contribution in [-0.4, -0.2) is 4.98 Å². The van der Waals surface area contributed by atoms with Gasteiger partial charge in [-0.05, 0) is 18.6 Å². The molecular weight excluding hydrogens is 220 g/mol. The highest BCUT2D eigenvalue weighted by Gasteiger charge is 2.04. The summed E-state index contributed by atoms with van der Waals surface area (Å²) in [5.74, 6) is 0. The van der Waals surface area contributed by atoms with Crippen molar-refractivity contribution in [2.75, 3.05) is 0 Å². The predicted molar refractivity (Wildman–Crippen MR) is 64.1 cm³/mol. The number of pyridine rings is 1. The molecule has 2 nitrogen and oxygen atoms in total. The maximum absolute atomic E-state index is 8.87. The van der Waals surface area contributed by atoms with Crippen LogP contribution in [0, 0.1) is 18.3 Å². The first-order valence-electron chi connectivity index (χ1n) is 4.83. The van der Waals surface area contributed by atoms with Gasteiger partial charge in [0.2, 0.25) is 0 Å². The lowest BCUT2D eigenvalue weighted by Gasteiger charge is -2.03. The van der Waals surface area contributed by atoms with Gasteiger partial charge in [0.25, 0.3) is 0 Å². The summed E-state index contributed by atoms with van der Waals surface area (Å²) in [5.41, 5.74) is 3.52. The second-order valence-corrected chi connectivity index (χ2v) is 3.90. The highest BCUT2D eigenvalue weighted by atomic mass is 35.5. The van der Waals surface area contributed by atoms with Crippen LogP contribution in [0.5, 0.6) is 0 Å². The van der Waals surface area contributed by atoms with Crippen molar-refractivity contribution in [3.8, 4) is 17.2 Å². The van der Waals surface area contributed by atoms with Crippen LogP contribution >= 0.6 is 11.6 Å². The number of rotatable bonds is 1. The molecule has 0 saturated heterocycles. The first-order valence-corrected chi connectivity index (χ1v) is 5.21. The fourth-order valence-corrected chi connectivity index (χ4v) is 1.65. The lowest BCUT2D eigenvalue weighted by molar-refractivity contribution is 1.30. The van der Waals surface area contributed by atoms with E-state index in [1.54, 1.807) is 12.3 Å². The molecule has 78 valence electrons. The molecule has 0 spiro atoms. The van der Waals surface area contributed by atoms with Crippen LogP contribution in [-0.2, 0) is 0 Å². The number of aryl methyl sites for hydroxylation is 1. The molecule has 3 heteroatoms. The van der Waals surface area contributed by atoms with Crippen LogP contribution in [0.25, 0.3) is 11.1 Å². The average molecular weight is 229 g/mol. The summed E-state index contributed by atoms with van der Waals surface area (Å²) in [4.78, 5) is 4.00. The minimum Gasteiger partial charge on any atom is -0.243 e. The third-order valence-electron chi connectivity index (χ3n) is 2.31. The molecule has 1 aromatic heterocycles. The van der Waals surface area contributed by atoms with E-state index in [1.807, 2.05) is 37.3 Å². The van der Waals surface area contributed by atoms with E-state index in [1.165, 1.54) is 5.56 Å². The van der Waals surface area contributed by atoms with E-state index in [4.69, 9.17) is 16.9 Å². The zero-order valence-corrected chi connectivity index (χ0v) is 9.49. The maximum atomic E-state index is 8.87. The number of nitriles is 1. The first kappa shape index (κ1) is 10.7. The molecule has 0 unspecified atom stereocenters. The zero-order valence-electron chi connectivity index (χ0n) is 8.74. The molecule has 0 fully saturated rings. The van der Waals surface area contributed by atoms with Gasteiger partial charge in [-0.25, -0.2) is 4.98 Å². The Kier molecular flexibility index (Phi) is 2.89. The second kappa shape index (κ2) is 4.34. The number of hydrogen-bond acceptors (Lipinski definition) is 2. The largest absolute Gasteiger partial charge is 0.243 e. The van der Waals surface area contributed by atoms with Crippen molar-refractivity contribution >= 4 is 11.6 Å². The molecule has 2 rings (SSSR count). The summed E-state index contributed by atoms with van der Waals surface area (Å²) in [7, 11) is 0. The van der Waals surface area contributed by atoms with Crippen molar-refractivity contribution in [2.45, 2.75) is 6.92 Å². The van der Waals surface area contributed by atoms with Gasteiger partial charge >= 0.3 is 0 Å². The van der Waals surface area contributed by atoms with Gasteiger partial charge in [0, 0.05) is 11.8 Å². The Labute approximate surface area is 99.1 Å². The van der Waals surface area contributed by atoms with Crippen LogP contribution in [0.1, 0.15) is 11.1 Å². The number of hydrogen-bond donors (Lipinski definition) is 0. The van der Waals surface area contributed by atoms with Gasteiger partial charge in [0.1, 0.15) is 11.2 Å². The molecule has 0 radical (unpaired) electrons. The van der Waals surface area contributed by atoms with Crippen molar-refractivity contribution < 1.29 is 0 Å². The third-order valence-corrected chi connectivity index (χ3v) is 2.61. The quantitative estimate of drug-likeness (QED) is 0.700. The molecule has 0 aliphatic carbocycles. The Morgan fingerprint density at radius 1 is 1.25 bits per heavy atom. The fraction of sp³-hybridized carbons (Fsp3) is 0.0769.